The van der Waals surface area contributed by atoms with Crippen LogP contribution >= 0.6 is 11.3 Å². The lowest BCUT2D eigenvalue weighted by molar-refractivity contribution is -0.139. The molecule has 0 spiro atoms. The zero-order valence-corrected chi connectivity index (χ0v) is 19.4. The van der Waals surface area contributed by atoms with Gasteiger partial charge in [-0.2, -0.15) is 0 Å². The van der Waals surface area contributed by atoms with E-state index in [9.17, 15) is 9.90 Å². The molecule has 0 saturated carbocycles. The maximum atomic E-state index is 12.5. The summed E-state index contributed by atoms with van der Waals surface area (Å²) in [6, 6.07) is 8.55. The van der Waals surface area contributed by atoms with Crippen molar-refractivity contribution in [3.05, 3.63) is 51.5 Å². The second-order valence-electron chi connectivity index (χ2n) is 9.90. The number of nitrogens with zero attached hydrogens (tertiary/aromatic N) is 1. The first-order valence-corrected chi connectivity index (χ1v) is 11.7. The second kappa shape index (κ2) is 7.81. The third kappa shape index (κ3) is 3.90. The third-order valence-electron chi connectivity index (χ3n) is 6.13. The lowest BCUT2D eigenvalue weighted by atomic mass is 9.77. The molecular weight excluding hydrogens is 390 g/mol. The van der Waals surface area contributed by atoms with E-state index in [2.05, 4.69) is 52.0 Å². The Kier molecular flexibility index (Phi) is 5.48. The topological polar surface area (TPSA) is 50.2 Å². The molecule has 0 fully saturated rings. The van der Waals surface area contributed by atoms with Gasteiger partial charge in [0.1, 0.15) is 4.83 Å². The Balaban J connectivity index is 2.08. The van der Waals surface area contributed by atoms with Crippen LogP contribution in [0.25, 0.3) is 21.3 Å². The van der Waals surface area contributed by atoms with Gasteiger partial charge >= 0.3 is 5.97 Å². The highest BCUT2D eigenvalue weighted by Gasteiger charge is 2.33. The minimum atomic E-state index is -0.758. The van der Waals surface area contributed by atoms with Gasteiger partial charge in [0.25, 0.3) is 0 Å². The van der Waals surface area contributed by atoms with E-state index in [0.29, 0.717) is 6.42 Å². The van der Waals surface area contributed by atoms with Gasteiger partial charge in [-0.05, 0) is 73.6 Å². The van der Waals surface area contributed by atoms with E-state index in [1.54, 1.807) is 0 Å². The fourth-order valence-electron chi connectivity index (χ4n) is 4.79. The molecule has 1 N–H and O–H groups in total. The standard InChI is InChI=1S/C26H31NO2S/c1-15-10-12-17(13-11-15)22-21(19(25(28)29)14-26(3,4)5)16(2)27-24-23(22)18-8-6-7-9-20(18)30-24/h10-13,19H,6-9,14H2,1-5H3,(H,28,29). The van der Waals surface area contributed by atoms with Gasteiger partial charge in [-0.15, -0.1) is 11.3 Å². The molecule has 0 aliphatic heterocycles. The Morgan fingerprint density at radius 2 is 1.80 bits per heavy atom. The Morgan fingerprint density at radius 3 is 2.43 bits per heavy atom. The zero-order valence-electron chi connectivity index (χ0n) is 18.6. The summed E-state index contributed by atoms with van der Waals surface area (Å²) in [6.07, 6.45) is 5.19. The Hall–Kier alpha value is -2.20. The van der Waals surface area contributed by atoms with Crippen LogP contribution in [0.2, 0.25) is 0 Å². The van der Waals surface area contributed by atoms with Crippen LogP contribution in [0.5, 0.6) is 0 Å². The van der Waals surface area contributed by atoms with Gasteiger partial charge in [-0.1, -0.05) is 50.6 Å². The number of aryl methyl sites for hydroxylation is 4. The molecule has 3 nitrogen and oxygen atoms in total. The van der Waals surface area contributed by atoms with Gasteiger partial charge in [-0.3, -0.25) is 4.79 Å². The summed E-state index contributed by atoms with van der Waals surface area (Å²) in [4.78, 5) is 20.0. The van der Waals surface area contributed by atoms with Crippen molar-refractivity contribution in [2.24, 2.45) is 5.41 Å². The number of rotatable bonds is 4. The molecule has 158 valence electrons. The van der Waals surface area contributed by atoms with Crippen LogP contribution in [0.4, 0.5) is 0 Å². The summed E-state index contributed by atoms with van der Waals surface area (Å²) < 4.78 is 0. The van der Waals surface area contributed by atoms with Crippen LogP contribution in [-0.4, -0.2) is 16.1 Å². The van der Waals surface area contributed by atoms with E-state index in [0.717, 1.165) is 40.1 Å². The Labute approximate surface area is 183 Å². The highest BCUT2D eigenvalue weighted by molar-refractivity contribution is 7.19. The van der Waals surface area contributed by atoms with E-state index >= 15 is 0 Å². The first-order valence-electron chi connectivity index (χ1n) is 10.9. The maximum Gasteiger partial charge on any atom is 0.311 e. The van der Waals surface area contributed by atoms with Crippen molar-refractivity contribution in [1.29, 1.82) is 0 Å². The lowest BCUT2D eigenvalue weighted by Gasteiger charge is -2.27. The van der Waals surface area contributed by atoms with Gasteiger partial charge < -0.3 is 5.11 Å². The number of pyridine rings is 1. The molecule has 1 aliphatic rings. The molecule has 1 atom stereocenters. The van der Waals surface area contributed by atoms with Gasteiger partial charge in [0.2, 0.25) is 0 Å². The average Bonchev–Trinajstić information content (AvgIpc) is 3.03. The van der Waals surface area contributed by atoms with Crippen molar-refractivity contribution in [1.82, 2.24) is 4.98 Å². The summed E-state index contributed by atoms with van der Waals surface area (Å²) in [5.41, 5.74) is 6.49. The molecule has 0 bridgehead atoms. The number of aliphatic carboxylic acids is 1. The Bertz CT molecular complexity index is 1100. The van der Waals surface area contributed by atoms with Crippen molar-refractivity contribution in [2.45, 2.75) is 72.6 Å². The van der Waals surface area contributed by atoms with E-state index in [-0.39, 0.29) is 5.41 Å². The first-order chi connectivity index (χ1) is 14.2. The Morgan fingerprint density at radius 1 is 1.13 bits per heavy atom. The monoisotopic (exact) mass is 421 g/mol. The number of carboxylic acid groups (broad SMARTS) is 1. The summed E-state index contributed by atoms with van der Waals surface area (Å²) in [6.45, 7) is 10.4. The predicted octanol–water partition coefficient (Wildman–Crippen LogP) is 7.06. The van der Waals surface area contributed by atoms with Crippen molar-refractivity contribution in [2.75, 3.05) is 0 Å². The predicted molar refractivity (Wildman–Crippen MR) is 126 cm³/mol. The highest BCUT2D eigenvalue weighted by atomic mass is 32.1. The van der Waals surface area contributed by atoms with Crippen LogP contribution in [-0.2, 0) is 17.6 Å². The fourth-order valence-corrected chi connectivity index (χ4v) is 6.10. The third-order valence-corrected chi connectivity index (χ3v) is 7.32. The number of benzene rings is 1. The van der Waals surface area contributed by atoms with Crippen LogP contribution in [0, 0.1) is 19.3 Å². The molecule has 1 aromatic carbocycles. The summed E-state index contributed by atoms with van der Waals surface area (Å²) in [5.74, 6) is -1.33. The number of hydrogen-bond donors (Lipinski definition) is 1. The van der Waals surface area contributed by atoms with E-state index < -0.39 is 11.9 Å². The molecule has 1 aliphatic carbocycles. The van der Waals surface area contributed by atoms with Crippen LogP contribution < -0.4 is 0 Å². The molecule has 2 heterocycles. The number of carbonyl (C=O) groups is 1. The molecule has 2 aromatic heterocycles. The largest absolute Gasteiger partial charge is 0.481 e. The van der Waals surface area contributed by atoms with Crippen molar-refractivity contribution >= 4 is 27.5 Å². The molecular formula is C26H31NO2S. The molecule has 4 heteroatoms. The van der Waals surface area contributed by atoms with E-state index in [1.807, 2.05) is 18.3 Å². The highest BCUT2D eigenvalue weighted by Crippen LogP contribution is 2.46. The first kappa shape index (κ1) is 21.0. The molecule has 30 heavy (non-hydrogen) atoms. The van der Waals surface area contributed by atoms with Gasteiger partial charge in [0.15, 0.2) is 0 Å². The smallest absolute Gasteiger partial charge is 0.311 e. The summed E-state index contributed by atoms with van der Waals surface area (Å²) in [7, 11) is 0. The van der Waals surface area contributed by atoms with Crippen molar-refractivity contribution in [3.63, 3.8) is 0 Å². The number of hydrogen-bond acceptors (Lipinski definition) is 3. The number of carboxylic acids is 1. The van der Waals surface area contributed by atoms with E-state index in [1.165, 1.54) is 34.2 Å². The SMILES string of the molecule is Cc1ccc(-c2c(C(CC(C)(C)C)C(=O)O)c(C)nc3sc4c(c23)CCCC4)cc1. The van der Waals surface area contributed by atoms with Gasteiger partial charge in [0, 0.05) is 16.0 Å². The molecule has 3 aromatic rings. The number of thiophene rings is 1. The zero-order chi connectivity index (χ0) is 21.6. The molecule has 0 amide bonds. The fraction of sp³-hybridized carbons (Fsp3) is 0.462. The second-order valence-corrected chi connectivity index (χ2v) is 11.0. The number of aromatic nitrogens is 1. The molecule has 1 unspecified atom stereocenters. The lowest BCUT2D eigenvalue weighted by Crippen LogP contribution is -2.21. The molecule has 0 radical (unpaired) electrons. The van der Waals surface area contributed by atoms with Crippen LogP contribution in [0.1, 0.15) is 73.2 Å². The van der Waals surface area contributed by atoms with Gasteiger partial charge in [-0.25, -0.2) is 4.98 Å². The van der Waals surface area contributed by atoms with Crippen molar-refractivity contribution in [3.8, 4) is 11.1 Å². The maximum absolute atomic E-state index is 12.5. The van der Waals surface area contributed by atoms with Crippen LogP contribution in [0.15, 0.2) is 24.3 Å². The molecule has 0 saturated heterocycles. The van der Waals surface area contributed by atoms with E-state index in [4.69, 9.17) is 4.98 Å². The summed E-state index contributed by atoms with van der Waals surface area (Å²) in [5, 5.41) is 11.5. The van der Waals surface area contributed by atoms with Crippen molar-refractivity contribution < 1.29 is 9.90 Å². The minimum absolute atomic E-state index is 0.0942. The van der Waals surface area contributed by atoms with Gasteiger partial charge in [0.05, 0.1) is 5.92 Å². The minimum Gasteiger partial charge on any atom is -0.481 e. The average molecular weight is 422 g/mol. The summed E-state index contributed by atoms with van der Waals surface area (Å²) >= 11 is 1.81. The van der Waals surface area contributed by atoms with Crippen LogP contribution in [0.3, 0.4) is 0 Å². The molecule has 4 rings (SSSR count). The number of fused-ring (bicyclic) bond motifs is 3. The quantitative estimate of drug-likeness (QED) is 0.490. The normalized spacial score (nSPS) is 15.2.